The second kappa shape index (κ2) is 4.45. The van der Waals surface area contributed by atoms with Gasteiger partial charge in [0.15, 0.2) is 0 Å². The first kappa shape index (κ1) is 11.3. The monoisotopic (exact) mass is 229 g/mol. The zero-order valence-corrected chi connectivity index (χ0v) is 10.9. The highest BCUT2D eigenvalue weighted by Gasteiger charge is 2.49. The minimum absolute atomic E-state index is 0.359. The van der Waals surface area contributed by atoms with Crippen LogP contribution >= 0.6 is 0 Å². The van der Waals surface area contributed by atoms with Crippen LogP contribution in [-0.4, -0.2) is 18.0 Å². The van der Waals surface area contributed by atoms with Crippen molar-refractivity contribution in [2.75, 3.05) is 13.1 Å². The summed E-state index contributed by atoms with van der Waals surface area (Å²) < 4.78 is 0. The normalized spacial score (nSPS) is 24.8. The number of hydrogen-bond acceptors (Lipinski definition) is 1. The summed E-state index contributed by atoms with van der Waals surface area (Å²) in [6, 6.07) is 11.2. The number of hydrogen-bond donors (Lipinski definition) is 0. The molecule has 2 fully saturated rings. The average Bonchev–Trinajstić information content (AvgIpc) is 3.08. The second-order valence-corrected chi connectivity index (χ2v) is 5.61. The van der Waals surface area contributed by atoms with Crippen molar-refractivity contribution >= 4 is 0 Å². The summed E-state index contributed by atoms with van der Waals surface area (Å²) in [4.78, 5) is 2.78. The minimum Gasteiger partial charge on any atom is -0.293 e. The number of likely N-dealkylation sites (tertiary alicyclic amines) is 1. The fourth-order valence-electron chi connectivity index (χ4n) is 3.80. The van der Waals surface area contributed by atoms with E-state index in [2.05, 4.69) is 42.2 Å². The van der Waals surface area contributed by atoms with Crippen molar-refractivity contribution in [3.63, 3.8) is 0 Å². The largest absolute Gasteiger partial charge is 0.293 e. The van der Waals surface area contributed by atoms with E-state index >= 15 is 0 Å². The Labute approximate surface area is 105 Å². The molecule has 0 radical (unpaired) electrons. The zero-order chi connectivity index (χ0) is 11.7. The summed E-state index contributed by atoms with van der Waals surface area (Å²) in [5, 5.41) is 0. The predicted octanol–water partition coefficient (Wildman–Crippen LogP) is 3.80. The zero-order valence-electron chi connectivity index (χ0n) is 10.9. The van der Waals surface area contributed by atoms with Gasteiger partial charge in [0.25, 0.3) is 0 Å². The molecule has 2 aliphatic rings. The summed E-state index contributed by atoms with van der Waals surface area (Å²) >= 11 is 0. The van der Waals surface area contributed by atoms with Crippen molar-refractivity contribution in [1.29, 1.82) is 0 Å². The lowest BCUT2D eigenvalue weighted by Crippen LogP contribution is -2.46. The van der Waals surface area contributed by atoms with Gasteiger partial charge in [0.2, 0.25) is 0 Å². The van der Waals surface area contributed by atoms with E-state index in [1.807, 2.05) is 0 Å². The average molecular weight is 229 g/mol. The number of rotatable bonds is 4. The van der Waals surface area contributed by atoms with Crippen LogP contribution in [0.15, 0.2) is 30.3 Å². The molecule has 0 aromatic heterocycles. The van der Waals surface area contributed by atoms with Gasteiger partial charge < -0.3 is 0 Å². The molecule has 1 aliphatic heterocycles. The molecule has 1 nitrogen and oxygen atoms in total. The number of benzene rings is 1. The molecule has 3 rings (SSSR count). The molecule has 0 amide bonds. The van der Waals surface area contributed by atoms with Crippen molar-refractivity contribution in [3.05, 3.63) is 35.9 Å². The topological polar surface area (TPSA) is 3.24 Å². The standard InChI is InChI=1S/C16H23N/c1-2-16(15-10-11-15,17-12-6-7-13-17)14-8-4-3-5-9-14/h3-5,8-9,15H,2,6-7,10-13H2,1H3. The molecule has 1 unspecified atom stereocenters. The van der Waals surface area contributed by atoms with Gasteiger partial charge in [-0.3, -0.25) is 4.90 Å². The van der Waals surface area contributed by atoms with E-state index in [1.165, 1.54) is 45.2 Å². The van der Waals surface area contributed by atoms with Gasteiger partial charge in [-0.15, -0.1) is 0 Å². The summed E-state index contributed by atoms with van der Waals surface area (Å²) in [5.74, 6) is 0.910. The molecule has 0 bridgehead atoms. The Morgan fingerprint density at radius 3 is 2.29 bits per heavy atom. The van der Waals surface area contributed by atoms with Crippen molar-refractivity contribution in [2.45, 2.75) is 44.6 Å². The Kier molecular flexibility index (Phi) is 2.96. The Morgan fingerprint density at radius 1 is 1.12 bits per heavy atom. The SMILES string of the molecule is CCC(c1ccccc1)(C1CC1)N1CCCC1. The summed E-state index contributed by atoms with van der Waals surface area (Å²) in [6.45, 7) is 4.99. The maximum absolute atomic E-state index is 2.78. The highest BCUT2D eigenvalue weighted by Crippen LogP contribution is 2.52. The van der Waals surface area contributed by atoms with E-state index in [9.17, 15) is 0 Å². The lowest BCUT2D eigenvalue weighted by molar-refractivity contribution is 0.0844. The second-order valence-electron chi connectivity index (χ2n) is 5.61. The third-order valence-corrected chi connectivity index (χ3v) is 4.74. The lowest BCUT2D eigenvalue weighted by Gasteiger charge is -2.42. The fraction of sp³-hybridized carbons (Fsp3) is 0.625. The Balaban J connectivity index is 2.00. The molecule has 0 N–H and O–H groups in total. The van der Waals surface area contributed by atoms with Crippen LogP contribution in [0.3, 0.4) is 0 Å². The Hall–Kier alpha value is -0.820. The van der Waals surface area contributed by atoms with E-state index in [0.29, 0.717) is 5.54 Å². The van der Waals surface area contributed by atoms with Gasteiger partial charge in [-0.2, -0.15) is 0 Å². The van der Waals surface area contributed by atoms with E-state index in [0.717, 1.165) is 5.92 Å². The molecule has 17 heavy (non-hydrogen) atoms. The summed E-state index contributed by atoms with van der Waals surface area (Å²) in [7, 11) is 0. The van der Waals surface area contributed by atoms with Crippen molar-refractivity contribution in [2.24, 2.45) is 5.92 Å². The van der Waals surface area contributed by atoms with Gasteiger partial charge in [-0.25, -0.2) is 0 Å². The van der Waals surface area contributed by atoms with Crippen LogP contribution in [0, 0.1) is 5.92 Å². The number of nitrogens with zero attached hydrogens (tertiary/aromatic N) is 1. The minimum atomic E-state index is 0.359. The molecule has 1 aromatic rings. The highest BCUT2D eigenvalue weighted by molar-refractivity contribution is 5.28. The van der Waals surface area contributed by atoms with Crippen LogP contribution in [0.2, 0.25) is 0 Å². The van der Waals surface area contributed by atoms with E-state index in [-0.39, 0.29) is 0 Å². The third kappa shape index (κ3) is 1.81. The van der Waals surface area contributed by atoms with Crippen LogP contribution in [0.4, 0.5) is 0 Å². The van der Waals surface area contributed by atoms with Gasteiger partial charge >= 0.3 is 0 Å². The van der Waals surface area contributed by atoms with Gasteiger partial charge in [0.1, 0.15) is 0 Å². The van der Waals surface area contributed by atoms with E-state index in [4.69, 9.17) is 0 Å². The van der Waals surface area contributed by atoms with Gasteiger partial charge in [-0.05, 0) is 56.7 Å². The third-order valence-electron chi connectivity index (χ3n) is 4.74. The Morgan fingerprint density at radius 2 is 1.76 bits per heavy atom. The fourth-order valence-corrected chi connectivity index (χ4v) is 3.80. The molecule has 1 aliphatic carbocycles. The lowest BCUT2D eigenvalue weighted by atomic mass is 9.81. The maximum Gasteiger partial charge on any atom is 0.0486 e. The molecule has 1 atom stereocenters. The maximum atomic E-state index is 2.78. The Bertz CT molecular complexity index is 362. The summed E-state index contributed by atoms with van der Waals surface area (Å²) in [5.41, 5.74) is 1.92. The van der Waals surface area contributed by atoms with E-state index < -0.39 is 0 Å². The molecule has 0 spiro atoms. The first-order valence-electron chi connectivity index (χ1n) is 7.18. The highest BCUT2D eigenvalue weighted by atomic mass is 15.2. The van der Waals surface area contributed by atoms with Crippen LogP contribution < -0.4 is 0 Å². The van der Waals surface area contributed by atoms with Gasteiger partial charge in [0, 0.05) is 5.54 Å². The van der Waals surface area contributed by atoms with Crippen molar-refractivity contribution < 1.29 is 0 Å². The molecular formula is C16H23N. The molecule has 1 aromatic carbocycles. The predicted molar refractivity (Wildman–Crippen MR) is 71.9 cm³/mol. The molecule has 1 heteroatoms. The molecular weight excluding hydrogens is 206 g/mol. The quantitative estimate of drug-likeness (QED) is 0.759. The van der Waals surface area contributed by atoms with Crippen LogP contribution in [0.25, 0.3) is 0 Å². The van der Waals surface area contributed by atoms with Gasteiger partial charge in [0.05, 0.1) is 0 Å². The van der Waals surface area contributed by atoms with Crippen LogP contribution in [-0.2, 0) is 5.54 Å². The first-order chi connectivity index (χ1) is 8.38. The van der Waals surface area contributed by atoms with Crippen LogP contribution in [0.1, 0.15) is 44.6 Å². The van der Waals surface area contributed by atoms with Crippen molar-refractivity contribution in [1.82, 2.24) is 4.90 Å². The molecule has 92 valence electrons. The first-order valence-corrected chi connectivity index (χ1v) is 7.18. The molecule has 1 saturated carbocycles. The van der Waals surface area contributed by atoms with E-state index in [1.54, 1.807) is 5.56 Å². The molecule has 1 heterocycles. The van der Waals surface area contributed by atoms with Crippen LogP contribution in [0.5, 0.6) is 0 Å². The van der Waals surface area contributed by atoms with Gasteiger partial charge in [-0.1, -0.05) is 37.3 Å². The summed E-state index contributed by atoms with van der Waals surface area (Å²) in [6.07, 6.45) is 6.91. The molecule has 1 saturated heterocycles. The van der Waals surface area contributed by atoms with Crippen molar-refractivity contribution in [3.8, 4) is 0 Å². The smallest absolute Gasteiger partial charge is 0.0486 e.